The highest BCUT2D eigenvalue weighted by molar-refractivity contribution is 7.90. The lowest BCUT2D eigenvalue weighted by Crippen LogP contribution is -2.39. The summed E-state index contributed by atoms with van der Waals surface area (Å²) < 4.78 is 24.9. The van der Waals surface area contributed by atoms with Crippen molar-refractivity contribution in [1.82, 2.24) is 14.5 Å². The smallest absolute Gasteiger partial charge is 0.273 e. The molecule has 1 fully saturated rings. The number of hydrogen-bond acceptors (Lipinski definition) is 5. The maximum absolute atomic E-state index is 12.4. The average molecular weight is 391 g/mol. The SMILES string of the molecule is CN(CC1CCN(c2ccc(S(C)(=O)=O)cc2)CC1)C(=O)c1cn(C)cn1. The second kappa shape index (κ2) is 7.72. The molecule has 2 heterocycles. The summed E-state index contributed by atoms with van der Waals surface area (Å²) >= 11 is 0. The molecule has 0 saturated carbocycles. The first-order valence-corrected chi connectivity index (χ1v) is 10.9. The van der Waals surface area contributed by atoms with Gasteiger partial charge in [0.25, 0.3) is 5.91 Å². The van der Waals surface area contributed by atoms with Gasteiger partial charge in [-0.25, -0.2) is 13.4 Å². The van der Waals surface area contributed by atoms with E-state index in [4.69, 9.17) is 0 Å². The van der Waals surface area contributed by atoms with E-state index in [1.54, 1.807) is 34.1 Å². The molecule has 1 saturated heterocycles. The topological polar surface area (TPSA) is 75.5 Å². The van der Waals surface area contributed by atoms with Crippen LogP contribution in [-0.2, 0) is 16.9 Å². The highest BCUT2D eigenvalue weighted by Gasteiger charge is 2.23. The van der Waals surface area contributed by atoms with Gasteiger partial charge in [0.2, 0.25) is 0 Å². The largest absolute Gasteiger partial charge is 0.372 e. The van der Waals surface area contributed by atoms with Crippen LogP contribution in [0.3, 0.4) is 0 Å². The fraction of sp³-hybridized carbons (Fsp3) is 0.474. The van der Waals surface area contributed by atoms with Gasteiger partial charge in [0.1, 0.15) is 5.69 Å². The van der Waals surface area contributed by atoms with E-state index in [-0.39, 0.29) is 5.91 Å². The number of imidazole rings is 1. The third-order valence-corrected chi connectivity index (χ3v) is 6.18. The molecule has 0 radical (unpaired) electrons. The van der Waals surface area contributed by atoms with E-state index >= 15 is 0 Å². The van der Waals surface area contributed by atoms with Crippen LogP contribution in [0.2, 0.25) is 0 Å². The Morgan fingerprint density at radius 3 is 2.37 bits per heavy atom. The Kier molecular flexibility index (Phi) is 5.55. The highest BCUT2D eigenvalue weighted by Crippen LogP contribution is 2.25. The van der Waals surface area contributed by atoms with Gasteiger partial charge in [-0.05, 0) is 43.0 Å². The number of hydrogen-bond donors (Lipinski definition) is 0. The van der Waals surface area contributed by atoms with E-state index in [1.165, 1.54) is 6.26 Å². The average Bonchev–Trinajstić information content (AvgIpc) is 3.07. The minimum absolute atomic E-state index is 0.0469. The molecule has 1 aromatic heterocycles. The Hall–Kier alpha value is -2.35. The molecule has 8 heteroatoms. The molecule has 0 atom stereocenters. The van der Waals surface area contributed by atoms with Crippen molar-refractivity contribution in [2.24, 2.45) is 13.0 Å². The van der Waals surface area contributed by atoms with Gasteiger partial charge in [0.15, 0.2) is 9.84 Å². The van der Waals surface area contributed by atoms with E-state index in [0.29, 0.717) is 16.5 Å². The van der Waals surface area contributed by atoms with Crippen molar-refractivity contribution in [3.05, 3.63) is 42.5 Å². The number of carbonyl (C=O) groups excluding carboxylic acids is 1. The molecule has 0 N–H and O–H groups in total. The van der Waals surface area contributed by atoms with Gasteiger partial charge in [-0.1, -0.05) is 0 Å². The van der Waals surface area contributed by atoms with Crippen LogP contribution in [0.5, 0.6) is 0 Å². The molecule has 1 aliphatic heterocycles. The van der Waals surface area contributed by atoms with Crippen molar-refractivity contribution in [2.75, 3.05) is 37.8 Å². The zero-order valence-corrected chi connectivity index (χ0v) is 16.8. The van der Waals surface area contributed by atoms with Gasteiger partial charge in [-0.15, -0.1) is 0 Å². The van der Waals surface area contributed by atoms with E-state index in [2.05, 4.69) is 9.88 Å². The number of benzene rings is 1. The number of anilines is 1. The number of carbonyl (C=O) groups is 1. The standard InChI is InChI=1S/C19H26N4O3S/c1-21-13-18(20-14-21)19(24)22(2)12-15-8-10-23(11-9-15)16-4-6-17(7-5-16)27(3,25)26/h4-7,13-15H,8-12H2,1-3H3. The number of rotatable bonds is 5. The van der Waals surface area contributed by atoms with Crippen molar-refractivity contribution < 1.29 is 13.2 Å². The second-order valence-corrected chi connectivity index (χ2v) is 9.32. The molecule has 27 heavy (non-hydrogen) atoms. The Labute approximate surface area is 160 Å². The van der Waals surface area contributed by atoms with Crippen LogP contribution in [0, 0.1) is 5.92 Å². The van der Waals surface area contributed by atoms with Crippen LogP contribution in [0.15, 0.2) is 41.7 Å². The Morgan fingerprint density at radius 1 is 1.22 bits per heavy atom. The summed E-state index contributed by atoms with van der Waals surface area (Å²) in [5, 5.41) is 0. The van der Waals surface area contributed by atoms with Crippen LogP contribution in [0.25, 0.3) is 0 Å². The molecule has 2 aromatic rings. The third kappa shape index (κ3) is 4.68. The summed E-state index contributed by atoms with van der Waals surface area (Å²) in [6, 6.07) is 7.06. The molecule has 0 unspecified atom stereocenters. The fourth-order valence-electron chi connectivity index (χ4n) is 3.47. The fourth-order valence-corrected chi connectivity index (χ4v) is 4.10. The predicted octanol–water partition coefficient (Wildman–Crippen LogP) is 1.81. The third-order valence-electron chi connectivity index (χ3n) is 5.05. The Balaban J connectivity index is 1.53. The first-order chi connectivity index (χ1) is 12.7. The molecule has 1 amide bonds. The lowest BCUT2D eigenvalue weighted by molar-refractivity contribution is 0.0759. The van der Waals surface area contributed by atoms with Crippen LogP contribution >= 0.6 is 0 Å². The monoisotopic (exact) mass is 390 g/mol. The summed E-state index contributed by atoms with van der Waals surface area (Å²) in [5.74, 6) is 0.406. The van der Waals surface area contributed by atoms with Crippen LogP contribution < -0.4 is 4.90 Å². The first kappa shape index (κ1) is 19.4. The molecule has 1 aromatic carbocycles. The second-order valence-electron chi connectivity index (χ2n) is 7.31. The molecule has 0 spiro atoms. The molecule has 3 rings (SSSR count). The van der Waals surface area contributed by atoms with Gasteiger partial charge >= 0.3 is 0 Å². The molecule has 1 aliphatic rings. The number of aromatic nitrogens is 2. The number of aryl methyl sites for hydroxylation is 1. The van der Waals surface area contributed by atoms with E-state index < -0.39 is 9.84 Å². The van der Waals surface area contributed by atoms with Gasteiger partial charge in [0.05, 0.1) is 11.2 Å². The van der Waals surface area contributed by atoms with Crippen LogP contribution in [-0.4, -0.2) is 61.7 Å². The van der Waals surface area contributed by atoms with Crippen molar-refractivity contribution >= 4 is 21.4 Å². The Morgan fingerprint density at radius 2 is 1.85 bits per heavy atom. The maximum atomic E-state index is 12.4. The number of amides is 1. The van der Waals surface area contributed by atoms with Crippen LogP contribution in [0.4, 0.5) is 5.69 Å². The molecule has 146 valence electrons. The van der Waals surface area contributed by atoms with Crippen molar-refractivity contribution in [3.63, 3.8) is 0 Å². The highest BCUT2D eigenvalue weighted by atomic mass is 32.2. The zero-order valence-electron chi connectivity index (χ0n) is 16.0. The van der Waals surface area contributed by atoms with Crippen molar-refractivity contribution in [2.45, 2.75) is 17.7 Å². The van der Waals surface area contributed by atoms with Crippen LogP contribution in [0.1, 0.15) is 23.3 Å². The summed E-state index contributed by atoms with van der Waals surface area (Å²) in [5.41, 5.74) is 1.52. The number of sulfone groups is 1. The summed E-state index contributed by atoms with van der Waals surface area (Å²) in [4.78, 5) is 20.9. The Bertz CT molecular complexity index is 897. The normalized spacial score (nSPS) is 15.7. The summed E-state index contributed by atoms with van der Waals surface area (Å²) in [7, 11) is 0.511. The van der Waals surface area contributed by atoms with E-state index in [0.717, 1.165) is 38.2 Å². The van der Waals surface area contributed by atoms with Crippen molar-refractivity contribution in [1.29, 1.82) is 0 Å². The minimum Gasteiger partial charge on any atom is -0.372 e. The molecular weight excluding hydrogens is 364 g/mol. The van der Waals surface area contributed by atoms with Gasteiger partial charge in [-0.3, -0.25) is 4.79 Å². The minimum atomic E-state index is -3.16. The molecule has 7 nitrogen and oxygen atoms in total. The first-order valence-electron chi connectivity index (χ1n) is 9.02. The van der Waals surface area contributed by atoms with E-state index in [1.807, 2.05) is 26.2 Å². The lowest BCUT2D eigenvalue weighted by atomic mass is 9.96. The summed E-state index contributed by atoms with van der Waals surface area (Å²) in [6.45, 7) is 2.51. The molecular formula is C19H26N4O3S. The van der Waals surface area contributed by atoms with Crippen molar-refractivity contribution in [3.8, 4) is 0 Å². The number of piperidine rings is 1. The van der Waals surface area contributed by atoms with Gasteiger partial charge < -0.3 is 14.4 Å². The molecule has 0 bridgehead atoms. The van der Waals surface area contributed by atoms with E-state index in [9.17, 15) is 13.2 Å². The quantitative estimate of drug-likeness (QED) is 0.778. The van der Waals surface area contributed by atoms with Gasteiger partial charge in [-0.2, -0.15) is 0 Å². The van der Waals surface area contributed by atoms with Gasteiger partial charge in [0, 0.05) is 51.9 Å². The predicted molar refractivity (Wildman–Crippen MR) is 105 cm³/mol. The summed E-state index contributed by atoms with van der Waals surface area (Å²) in [6.07, 6.45) is 6.58. The maximum Gasteiger partial charge on any atom is 0.273 e. The lowest BCUT2D eigenvalue weighted by Gasteiger charge is -2.35. The zero-order chi connectivity index (χ0) is 19.6. The number of nitrogens with zero attached hydrogens (tertiary/aromatic N) is 4. The molecule has 0 aliphatic carbocycles.